The number of amides is 1. The Bertz CT molecular complexity index is 1040. The van der Waals surface area contributed by atoms with Crippen molar-refractivity contribution in [3.05, 3.63) is 76.0 Å². The second kappa shape index (κ2) is 10.4. The lowest BCUT2D eigenvalue weighted by molar-refractivity contribution is -0.141. The average molecular weight is 470 g/mol. The number of esters is 1. The minimum Gasteiger partial charge on any atom is -0.496 e. The van der Waals surface area contributed by atoms with Gasteiger partial charge in [-0.3, -0.25) is 4.79 Å². The predicted octanol–water partition coefficient (Wildman–Crippen LogP) is 4.86. The van der Waals surface area contributed by atoms with Crippen molar-refractivity contribution < 1.29 is 23.8 Å². The maximum absolute atomic E-state index is 13.4. The highest BCUT2D eigenvalue weighted by Gasteiger charge is 2.38. The van der Waals surface area contributed by atoms with Gasteiger partial charge < -0.3 is 19.1 Å². The highest BCUT2D eigenvalue weighted by Crippen LogP contribution is 2.38. The Morgan fingerprint density at radius 2 is 1.94 bits per heavy atom. The Kier molecular flexibility index (Phi) is 7.36. The van der Waals surface area contributed by atoms with Gasteiger partial charge in [-0.05, 0) is 43.5 Å². The van der Waals surface area contributed by atoms with Gasteiger partial charge in [0, 0.05) is 35.2 Å². The summed E-state index contributed by atoms with van der Waals surface area (Å²) < 4.78 is 16.8. The molecule has 2 heterocycles. The van der Waals surface area contributed by atoms with Crippen molar-refractivity contribution >= 4 is 23.5 Å². The van der Waals surface area contributed by atoms with Gasteiger partial charge >= 0.3 is 5.97 Å². The second-order valence-electron chi connectivity index (χ2n) is 8.33. The first-order valence-corrected chi connectivity index (χ1v) is 11.5. The molecular formula is C26H28ClNO5. The quantitative estimate of drug-likeness (QED) is 0.542. The van der Waals surface area contributed by atoms with Gasteiger partial charge in [-0.15, -0.1) is 0 Å². The van der Waals surface area contributed by atoms with Gasteiger partial charge in [0.05, 0.1) is 25.3 Å². The van der Waals surface area contributed by atoms with Gasteiger partial charge in [0.15, 0.2) is 0 Å². The molecule has 1 unspecified atom stereocenters. The van der Waals surface area contributed by atoms with Crippen LogP contribution in [0.25, 0.3) is 0 Å². The Hall–Kier alpha value is -2.83. The highest BCUT2D eigenvalue weighted by atomic mass is 35.5. The Labute approximate surface area is 199 Å². The fourth-order valence-corrected chi connectivity index (χ4v) is 4.64. The van der Waals surface area contributed by atoms with Crippen LogP contribution in [0.4, 0.5) is 0 Å². The smallest absolute Gasteiger partial charge is 0.336 e. The molecule has 2 atom stereocenters. The molecule has 0 N–H and O–H groups in total. The van der Waals surface area contributed by atoms with Gasteiger partial charge in [0.2, 0.25) is 5.91 Å². The number of halogens is 1. The molecule has 4 rings (SSSR count). The number of allylic oxidation sites excluding steroid dienone is 1. The molecule has 2 aromatic rings. The summed E-state index contributed by atoms with van der Waals surface area (Å²) in [7, 11) is 1.58. The van der Waals surface area contributed by atoms with E-state index in [9.17, 15) is 9.59 Å². The van der Waals surface area contributed by atoms with Gasteiger partial charge in [0.1, 0.15) is 12.4 Å². The fourth-order valence-electron chi connectivity index (χ4n) is 4.52. The minimum absolute atomic E-state index is 0.0122. The third-order valence-corrected chi connectivity index (χ3v) is 6.53. The number of hydrogen-bond acceptors (Lipinski definition) is 5. The second-order valence-corrected chi connectivity index (χ2v) is 8.77. The number of benzene rings is 2. The van der Waals surface area contributed by atoms with Crippen LogP contribution in [-0.2, 0) is 25.7 Å². The van der Waals surface area contributed by atoms with E-state index in [4.69, 9.17) is 25.8 Å². The monoisotopic (exact) mass is 469 g/mol. The van der Waals surface area contributed by atoms with E-state index in [2.05, 4.69) is 0 Å². The SMILES string of the molecule is COc1ccccc1COC(=O)C1=C(C)N(CC2CCCO2)C(=O)C[C@@H]1c1ccc(Cl)cc1. The lowest BCUT2D eigenvalue weighted by Crippen LogP contribution is -2.42. The van der Waals surface area contributed by atoms with E-state index in [1.54, 1.807) is 24.1 Å². The topological polar surface area (TPSA) is 65.1 Å². The lowest BCUT2D eigenvalue weighted by atomic mass is 9.83. The molecule has 1 saturated heterocycles. The van der Waals surface area contributed by atoms with Crippen LogP contribution in [0.1, 0.15) is 43.2 Å². The Balaban J connectivity index is 1.64. The van der Waals surface area contributed by atoms with Crippen molar-refractivity contribution in [1.82, 2.24) is 4.90 Å². The standard InChI is InChI=1S/C26H28ClNO5/c1-17-25(26(30)33-16-19-6-3-4-8-23(19)31-2)22(18-9-11-20(27)12-10-18)14-24(29)28(17)15-21-7-5-13-32-21/h3-4,6,8-12,21-22H,5,7,13-16H2,1-2H3/t21?,22-/m1/s1. The Morgan fingerprint density at radius 3 is 2.64 bits per heavy atom. The zero-order valence-corrected chi connectivity index (χ0v) is 19.6. The van der Waals surface area contributed by atoms with Crippen LogP contribution in [0.15, 0.2) is 59.8 Å². The number of nitrogens with zero attached hydrogens (tertiary/aromatic N) is 1. The summed E-state index contributed by atoms with van der Waals surface area (Å²) in [5.41, 5.74) is 2.74. The number of carbonyl (C=O) groups is 2. The van der Waals surface area contributed by atoms with Crippen molar-refractivity contribution in [1.29, 1.82) is 0 Å². The molecule has 2 aliphatic heterocycles. The zero-order chi connectivity index (χ0) is 23.4. The summed E-state index contributed by atoms with van der Waals surface area (Å²) >= 11 is 6.07. The summed E-state index contributed by atoms with van der Waals surface area (Å²) in [4.78, 5) is 28.2. The third-order valence-electron chi connectivity index (χ3n) is 6.28. The van der Waals surface area contributed by atoms with Crippen molar-refractivity contribution in [2.24, 2.45) is 0 Å². The van der Waals surface area contributed by atoms with Gasteiger partial charge in [-0.1, -0.05) is 41.9 Å². The summed E-state index contributed by atoms with van der Waals surface area (Å²) in [5.74, 6) is -0.211. The van der Waals surface area contributed by atoms with Crippen LogP contribution in [0.2, 0.25) is 5.02 Å². The van der Waals surface area contributed by atoms with Crippen molar-refractivity contribution in [2.45, 2.75) is 44.8 Å². The molecule has 2 aliphatic rings. The van der Waals surface area contributed by atoms with Crippen molar-refractivity contribution in [2.75, 3.05) is 20.3 Å². The van der Waals surface area contributed by atoms with Crippen LogP contribution in [0, 0.1) is 0 Å². The van der Waals surface area contributed by atoms with Gasteiger partial charge in [-0.25, -0.2) is 4.79 Å². The molecule has 33 heavy (non-hydrogen) atoms. The Morgan fingerprint density at radius 1 is 1.18 bits per heavy atom. The molecule has 174 valence electrons. The number of hydrogen-bond donors (Lipinski definition) is 0. The molecule has 1 amide bonds. The number of rotatable bonds is 7. The predicted molar refractivity (Wildman–Crippen MR) is 125 cm³/mol. The van der Waals surface area contributed by atoms with Crippen molar-refractivity contribution in [3.63, 3.8) is 0 Å². The summed E-state index contributed by atoms with van der Waals surface area (Å²) in [6.45, 7) is 3.04. The van der Waals surface area contributed by atoms with E-state index in [1.807, 2.05) is 43.3 Å². The molecule has 0 radical (unpaired) electrons. The van der Waals surface area contributed by atoms with Crippen LogP contribution in [-0.4, -0.2) is 43.1 Å². The van der Waals surface area contributed by atoms with Crippen molar-refractivity contribution in [3.8, 4) is 5.75 Å². The normalized spacial score (nSPS) is 20.8. The summed E-state index contributed by atoms with van der Waals surface area (Å²) in [6, 6.07) is 14.7. The van der Waals surface area contributed by atoms with Crippen LogP contribution in [0.5, 0.6) is 5.75 Å². The maximum Gasteiger partial charge on any atom is 0.336 e. The van der Waals surface area contributed by atoms with E-state index >= 15 is 0 Å². The van der Waals surface area contributed by atoms with E-state index in [-0.39, 0.29) is 25.0 Å². The lowest BCUT2D eigenvalue weighted by Gasteiger charge is -2.35. The number of methoxy groups -OCH3 is 1. The fraction of sp³-hybridized carbons (Fsp3) is 0.385. The molecular weight excluding hydrogens is 442 g/mol. The van der Waals surface area contributed by atoms with Crippen LogP contribution in [0.3, 0.4) is 0 Å². The molecule has 0 spiro atoms. The zero-order valence-electron chi connectivity index (χ0n) is 18.9. The molecule has 0 bridgehead atoms. The molecule has 0 saturated carbocycles. The summed E-state index contributed by atoms with van der Waals surface area (Å²) in [6.07, 6.45) is 2.06. The maximum atomic E-state index is 13.4. The minimum atomic E-state index is -0.441. The first-order chi connectivity index (χ1) is 16.0. The first-order valence-electron chi connectivity index (χ1n) is 11.1. The molecule has 1 fully saturated rings. The largest absolute Gasteiger partial charge is 0.496 e. The van der Waals surface area contributed by atoms with Gasteiger partial charge in [-0.2, -0.15) is 0 Å². The van der Waals surface area contributed by atoms with E-state index in [0.717, 1.165) is 24.0 Å². The molecule has 6 nitrogen and oxygen atoms in total. The van der Waals surface area contributed by atoms with Crippen LogP contribution < -0.4 is 4.74 Å². The molecule has 0 aliphatic carbocycles. The number of ether oxygens (including phenoxy) is 3. The molecule has 0 aromatic heterocycles. The molecule has 2 aromatic carbocycles. The van der Waals surface area contributed by atoms with E-state index in [1.165, 1.54) is 0 Å². The number of para-hydroxylation sites is 1. The highest BCUT2D eigenvalue weighted by molar-refractivity contribution is 6.30. The third kappa shape index (κ3) is 5.23. The van der Waals surface area contributed by atoms with E-state index in [0.29, 0.717) is 35.2 Å². The average Bonchev–Trinajstić information content (AvgIpc) is 3.34. The van der Waals surface area contributed by atoms with Crippen LogP contribution >= 0.6 is 11.6 Å². The van der Waals surface area contributed by atoms with Gasteiger partial charge in [0.25, 0.3) is 0 Å². The summed E-state index contributed by atoms with van der Waals surface area (Å²) in [5, 5.41) is 0.599. The first kappa shape index (κ1) is 23.3. The molecule has 7 heteroatoms. The number of carbonyl (C=O) groups excluding carboxylic acids is 2. The van der Waals surface area contributed by atoms with E-state index < -0.39 is 11.9 Å².